The normalized spacial score (nSPS) is 20.1. The van der Waals surface area contributed by atoms with Crippen LogP contribution in [0.3, 0.4) is 0 Å². The van der Waals surface area contributed by atoms with Gasteiger partial charge in [-0.3, -0.25) is 4.79 Å². The van der Waals surface area contributed by atoms with Crippen LogP contribution in [-0.2, 0) is 13.0 Å². The number of benzene rings is 3. The molecular formula is C31H35N2O7+. The molecule has 0 radical (unpaired) electrons. The van der Waals surface area contributed by atoms with Crippen LogP contribution in [0.5, 0.6) is 34.5 Å². The molecule has 3 heterocycles. The van der Waals surface area contributed by atoms with Gasteiger partial charge in [0.05, 0.1) is 60.2 Å². The number of fused-ring (bicyclic) bond motifs is 3. The molecule has 6 rings (SSSR count). The summed E-state index contributed by atoms with van der Waals surface area (Å²) in [6.07, 6.45) is 0.851. The number of ether oxygens (including phenoxy) is 6. The molecule has 0 fully saturated rings. The van der Waals surface area contributed by atoms with E-state index in [1.54, 1.807) is 28.4 Å². The molecule has 0 aliphatic carbocycles. The molecule has 210 valence electrons. The zero-order valence-electron chi connectivity index (χ0n) is 23.8. The van der Waals surface area contributed by atoms with Gasteiger partial charge >= 0.3 is 0 Å². The Kier molecular flexibility index (Phi) is 6.41. The number of hydrogen-bond acceptors (Lipinski definition) is 7. The number of rotatable bonds is 7. The molecule has 0 bridgehead atoms. The number of likely N-dealkylation sites (N-methyl/N-ethyl adjacent to an activating group) is 1. The smallest absolute Gasteiger partial charge is 0.259 e. The van der Waals surface area contributed by atoms with E-state index < -0.39 is 0 Å². The Morgan fingerprint density at radius 3 is 2.35 bits per heavy atom. The number of quaternary nitrogens is 1. The Bertz CT molecular complexity index is 1470. The lowest BCUT2D eigenvalue weighted by atomic mass is 9.82. The Hall–Kier alpha value is -4.11. The lowest BCUT2D eigenvalue weighted by Crippen LogP contribution is -2.52. The van der Waals surface area contributed by atoms with Crippen molar-refractivity contribution in [3.63, 3.8) is 0 Å². The Balaban J connectivity index is 1.57. The Morgan fingerprint density at radius 1 is 0.925 bits per heavy atom. The molecule has 0 saturated heterocycles. The molecule has 2 unspecified atom stereocenters. The SMILES string of the molecule is COc1ccc(CN2C(=O)c3c(ccc(OC)c3OC)C2C2c3c(cc4c(c3OC)OCO4)CC[N+]2(C)C)cc1. The summed E-state index contributed by atoms with van der Waals surface area (Å²) >= 11 is 0. The van der Waals surface area contributed by atoms with Gasteiger partial charge in [0.25, 0.3) is 5.91 Å². The monoisotopic (exact) mass is 547 g/mol. The summed E-state index contributed by atoms with van der Waals surface area (Å²) < 4.78 is 35.1. The molecule has 0 spiro atoms. The van der Waals surface area contributed by atoms with Crippen molar-refractivity contribution in [3.8, 4) is 34.5 Å². The first-order valence-corrected chi connectivity index (χ1v) is 13.3. The highest BCUT2D eigenvalue weighted by atomic mass is 16.7. The van der Waals surface area contributed by atoms with Gasteiger partial charge < -0.3 is 37.8 Å². The van der Waals surface area contributed by atoms with E-state index in [2.05, 4.69) is 20.2 Å². The maximum Gasteiger partial charge on any atom is 0.259 e. The molecular weight excluding hydrogens is 512 g/mol. The Labute approximate surface area is 234 Å². The minimum absolute atomic E-state index is 0.0987. The van der Waals surface area contributed by atoms with Crippen molar-refractivity contribution in [2.75, 3.05) is 55.9 Å². The van der Waals surface area contributed by atoms with Gasteiger partial charge in [0.15, 0.2) is 23.0 Å². The van der Waals surface area contributed by atoms with E-state index in [9.17, 15) is 4.79 Å². The van der Waals surface area contributed by atoms with Crippen LogP contribution in [-0.4, -0.2) is 71.2 Å². The first-order chi connectivity index (χ1) is 19.3. The predicted molar refractivity (Wildman–Crippen MR) is 148 cm³/mol. The average molecular weight is 548 g/mol. The van der Waals surface area contributed by atoms with E-state index in [-0.39, 0.29) is 24.8 Å². The molecule has 9 nitrogen and oxygen atoms in total. The van der Waals surface area contributed by atoms with E-state index in [1.165, 1.54) is 0 Å². The second kappa shape index (κ2) is 9.82. The van der Waals surface area contributed by atoms with Gasteiger partial charge in [0.1, 0.15) is 17.8 Å². The van der Waals surface area contributed by atoms with Crippen molar-refractivity contribution in [2.24, 2.45) is 0 Å². The molecule has 2 atom stereocenters. The van der Waals surface area contributed by atoms with Crippen LogP contribution in [0.1, 0.15) is 44.7 Å². The Morgan fingerprint density at radius 2 is 1.68 bits per heavy atom. The molecule has 0 N–H and O–H groups in total. The highest BCUT2D eigenvalue weighted by molar-refractivity contribution is 6.02. The highest BCUT2D eigenvalue weighted by Crippen LogP contribution is 2.57. The molecule has 3 aromatic rings. The van der Waals surface area contributed by atoms with Crippen LogP contribution in [0.25, 0.3) is 0 Å². The fourth-order valence-corrected chi connectivity index (χ4v) is 6.53. The fourth-order valence-electron chi connectivity index (χ4n) is 6.53. The standard InChI is InChI=1S/C31H35N2O7/c1-33(2)14-13-19-15-23-29(40-17-39-23)30(38-6)24(19)27(33)26-21-11-12-22(36-4)28(37-5)25(21)31(34)32(26)16-18-7-9-20(35-3)10-8-18/h7-12,15,26-27H,13-14,16-17H2,1-6H3/q+1. The summed E-state index contributed by atoms with van der Waals surface area (Å²) in [5, 5.41) is 0. The third-order valence-corrected chi connectivity index (χ3v) is 8.47. The van der Waals surface area contributed by atoms with Crippen molar-refractivity contribution in [3.05, 3.63) is 70.3 Å². The number of methoxy groups -OCH3 is 4. The summed E-state index contributed by atoms with van der Waals surface area (Å²) in [6, 6.07) is 13.3. The molecule has 0 aromatic heterocycles. The lowest BCUT2D eigenvalue weighted by Gasteiger charge is -2.47. The number of hydrogen-bond donors (Lipinski definition) is 0. The maximum absolute atomic E-state index is 14.4. The first kappa shape index (κ1) is 26.1. The topological polar surface area (TPSA) is 75.7 Å². The van der Waals surface area contributed by atoms with E-state index in [1.807, 2.05) is 41.3 Å². The zero-order chi connectivity index (χ0) is 28.2. The number of carbonyl (C=O) groups is 1. The quantitative estimate of drug-likeness (QED) is 0.403. The van der Waals surface area contributed by atoms with Crippen LogP contribution in [0.4, 0.5) is 0 Å². The number of amides is 1. The van der Waals surface area contributed by atoms with E-state index in [0.717, 1.165) is 41.0 Å². The predicted octanol–water partition coefficient (Wildman–Crippen LogP) is 4.52. The minimum Gasteiger partial charge on any atom is -0.497 e. The highest BCUT2D eigenvalue weighted by Gasteiger charge is 2.53. The zero-order valence-corrected chi connectivity index (χ0v) is 23.8. The van der Waals surface area contributed by atoms with Crippen LogP contribution >= 0.6 is 0 Å². The number of carbonyl (C=O) groups excluding carboxylic acids is 1. The molecule has 3 aliphatic heterocycles. The van der Waals surface area contributed by atoms with Gasteiger partial charge in [-0.25, -0.2) is 0 Å². The van der Waals surface area contributed by atoms with Gasteiger partial charge in [-0.05, 0) is 41.0 Å². The molecule has 3 aromatic carbocycles. The fraction of sp³-hybridized carbons (Fsp3) is 0.387. The first-order valence-electron chi connectivity index (χ1n) is 13.3. The van der Waals surface area contributed by atoms with Crippen LogP contribution in [0, 0.1) is 0 Å². The van der Waals surface area contributed by atoms with Gasteiger partial charge in [0, 0.05) is 13.0 Å². The third-order valence-electron chi connectivity index (χ3n) is 8.47. The average Bonchev–Trinajstić information content (AvgIpc) is 3.54. The molecule has 9 heteroatoms. The van der Waals surface area contributed by atoms with Crippen molar-refractivity contribution in [2.45, 2.75) is 25.0 Å². The largest absolute Gasteiger partial charge is 0.497 e. The van der Waals surface area contributed by atoms with Crippen molar-refractivity contribution < 1.29 is 37.7 Å². The van der Waals surface area contributed by atoms with Gasteiger partial charge in [-0.1, -0.05) is 18.2 Å². The van der Waals surface area contributed by atoms with E-state index in [0.29, 0.717) is 45.3 Å². The van der Waals surface area contributed by atoms with E-state index >= 15 is 0 Å². The summed E-state index contributed by atoms with van der Waals surface area (Å²) in [6.45, 7) is 1.44. The molecule has 1 amide bonds. The summed E-state index contributed by atoms with van der Waals surface area (Å²) in [5.74, 6) is 3.63. The molecule has 0 saturated carbocycles. The third kappa shape index (κ3) is 3.91. The second-order valence-corrected chi connectivity index (χ2v) is 10.9. The van der Waals surface area contributed by atoms with Crippen molar-refractivity contribution in [1.29, 1.82) is 0 Å². The van der Waals surface area contributed by atoms with Gasteiger partial charge in [0.2, 0.25) is 12.5 Å². The summed E-state index contributed by atoms with van der Waals surface area (Å²) in [4.78, 5) is 16.3. The van der Waals surface area contributed by atoms with Gasteiger partial charge in [-0.2, -0.15) is 0 Å². The molecule has 40 heavy (non-hydrogen) atoms. The number of nitrogens with zero attached hydrogens (tertiary/aromatic N) is 2. The van der Waals surface area contributed by atoms with Crippen LogP contribution in [0.15, 0.2) is 42.5 Å². The summed E-state index contributed by atoms with van der Waals surface area (Å²) in [7, 11) is 10.9. The summed E-state index contributed by atoms with van der Waals surface area (Å²) in [5.41, 5.74) is 4.63. The maximum atomic E-state index is 14.4. The minimum atomic E-state index is -0.312. The van der Waals surface area contributed by atoms with Crippen LogP contribution in [0.2, 0.25) is 0 Å². The van der Waals surface area contributed by atoms with Crippen molar-refractivity contribution >= 4 is 5.91 Å². The van der Waals surface area contributed by atoms with Crippen molar-refractivity contribution in [1.82, 2.24) is 4.90 Å². The second-order valence-electron chi connectivity index (χ2n) is 10.9. The lowest BCUT2D eigenvalue weighted by molar-refractivity contribution is -0.926. The van der Waals surface area contributed by atoms with Gasteiger partial charge in [-0.15, -0.1) is 0 Å². The van der Waals surface area contributed by atoms with E-state index in [4.69, 9.17) is 28.4 Å². The van der Waals surface area contributed by atoms with Crippen LogP contribution < -0.4 is 28.4 Å². The molecule has 3 aliphatic rings.